The van der Waals surface area contributed by atoms with E-state index in [9.17, 15) is 4.79 Å². The van der Waals surface area contributed by atoms with E-state index in [0.717, 1.165) is 24.7 Å². The molecular weight excluding hydrogens is 228 g/mol. The van der Waals surface area contributed by atoms with Gasteiger partial charge in [0, 0.05) is 13.1 Å². The van der Waals surface area contributed by atoms with Crippen molar-refractivity contribution in [2.75, 3.05) is 29.9 Å². The van der Waals surface area contributed by atoms with Crippen LogP contribution in [0.1, 0.15) is 19.8 Å². The number of carbonyl (C=O) groups is 1. The van der Waals surface area contributed by atoms with Crippen LogP contribution in [0, 0.1) is 5.92 Å². The van der Waals surface area contributed by atoms with Gasteiger partial charge in [0.1, 0.15) is 5.82 Å². The molecule has 0 aliphatic carbocycles. The van der Waals surface area contributed by atoms with E-state index < -0.39 is 0 Å². The maximum absolute atomic E-state index is 11.1. The molecule has 0 saturated carbocycles. The molecule has 1 aromatic rings. The Balaban J connectivity index is 2.00. The molecule has 18 heavy (non-hydrogen) atoms. The summed E-state index contributed by atoms with van der Waals surface area (Å²) in [7, 11) is 0. The van der Waals surface area contributed by atoms with E-state index in [2.05, 4.69) is 22.1 Å². The quantitative estimate of drug-likeness (QED) is 0.843. The van der Waals surface area contributed by atoms with Crippen LogP contribution in [0.3, 0.4) is 0 Å². The van der Waals surface area contributed by atoms with Gasteiger partial charge in [-0.2, -0.15) is 0 Å². The molecule has 2 heterocycles. The number of amides is 1. The molecular formula is C13H20N4O. The number of pyridine rings is 1. The van der Waals surface area contributed by atoms with Gasteiger partial charge in [-0.15, -0.1) is 0 Å². The Labute approximate surface area is 107 Å². The molecule has 0 radical (unpaired) electrons. The number of anilines is 2. The molecule has 1 unspecified atom stereocenters. The summed E-state index contributed by atoms with van der Waals surface area (Å²) in [5.74, 6) is 1.07. The smallest absolute Gasteiger partial charge is 0.239 e. The monoisotopic (exact) mass is 248 g/mol. The van der Waals surface area contributed by atoms with Gasteiger partial charge in [-0.3, -0.25) is 4.79 Å². The van der Waals surface area contributed by atoms with Crippen LogP contribution >= 0.6 is 0 Å². The van der Waals surface area contributed by atoms with Gasteiger partial charge in [-0.25, -0.2) is 4.98 Å². The summed E-state index contributed by atoms with van der Waals surface area (Å²) in [6.45, 7) is 4.42. The topological polar surface area (TPSA) is 71.2 Å². The van der Waals surface area contributed by atoms with Crippen LogP contribution in [-0.2, 0) is 4.79 Å². The van der Waals surface area contributed by atoms with E-state index in [1.165, 1.54) is 12.8 Å². The first-order chi connectivity index (χ1) is 8.69. The zero-order valence-corrected chi connectivity index (χ0v) is 10.7. The lowest BCUT2D eigenvalue weighted by Gasteiger charge is -2.32. The number of aromatic nitrogens is 1. The second-order valence-electron chi connectivity index (χ2n) is 4.85. The highest BCUT2D eigenvalue weighted by Gasteiger charge is 2.16. The summed E-state index contributed by atoms with van der Waals surface area (Å²) in [6, 6.07) is 3.82. The Morgan fingerprint density at radius 2 is 2.44 bits per heavy atom. The minimum absolute atomic E-state index is 0.0208. The van der Waals surface area contributed by atoms with E-state index in [-0.39, 0.29) is 12.5 Å². The van der Waals surface area contributed by atoms with Crippen molar-refractivity contribution in [3.8, 4) is 0 Å². The van der Waals surface area contributed by atoms with Crippen LogP contribution in [-0.4, -0.2) is 30.5 Å². The first kappa shape index (κ1) is 12.8. The molecule has 5 nitrogen and oxygen atoms in total. The number of rotatable bonds is 3. The Morgan fingerprint density at radius 3 is 3.06 bits per heavy atom. The zero-order chi connectivity index (χ0) is 13.0. The van der Waals surface area contributed by atoms with Crippen molar-refractivity contribution in [1.82, 2.24) is 4.98 Å². The van der Waals surface area contributed by atoms with Gasteiger partial charge < -0.3 is 16.0 Å². The van der Waals surface area contributed by atoms with Crippen LogP contribution in [0.2, 0.25) is 0 Å². The van der Waals surface area contributed by atoms with Crippen molar-refractivity contribution in [2.45, 2.75) is 19.8 Å². The van der Waals surface area contributed by atoms with Gasteiger partial charge in [-0.05, 0) is 30.9 Å². The molecule has 0 bridgehead atoms. The lowest BCUT2D eigenvalue weighted by molar-refractivity contribution is -0.114. The van der Waals surface area contributed by atoms with E-state index in [1.54, 1.807) is 0 Å². The second kappa shape index (κ2) is 5.82. The lowest BCUT2D eigenvalue weighted by atomic mass is 10.00. The molecule has 1 aliphatic heterocycles. The van der Waals surface area contributed by atoms with Gasteiger partial charge in [-0.1, -0.05) is 6.92 Å². The molecule has 1 saturated heterocycles. The SMILES string of the molecule is CC1CCCN(c2ccc(NC(=O)CN)nc2)C1. The van der Waals surface area contributed by atoms with Crippen molar-refractivity contribution in [3.05, 3.63) is 18.3 Å². The van der Waals surface area contributed by atoms with Gasteiger partial charge in [0.05, 0.1) is 18.4 Å². The van der Waals surface area contributed by atoms with Gasteiger partial charge >= 0.3 is 0 Å². The van der Waals surface area contributed by atoms with Crippen LogP contribution in [0.15, 0.2) is 18.3 Å². The van der Waals surface area contributed by atoms with Crippen LogP contribution < -0.4 is 16.0 Å². The molecule has 1 aliphatic rings. The fourth-order valence-electron chi connectivity index (χ4n) is 2.26. The van der Waals surface area contributed by atoms with Crippen LogP contribution in [0.4, 0.5) is 11.5 Å². The highest BCUT2D eigenvalue weighted by molar-refractivity contribution is 5.91. The maximum atomic E-state index is 11.1. The predicted octanol–water partition coefficient (Wildman–Crippen LogP) is 1.22. The molecule has 0 spiro atoms. The Kier molecular flexibility index (Phi) is 4.15. The van der Waals surface area contributed by atoms with Gasteiger partial charge in [0.2, 0.25) is 5.91 Å². The largest absolute Gasteiger partial charge is 0.370 e. The Morgan fingerprint density at radius 1 is 1.61 bits per heavy atom. The average Bonchev–Trinajstić information content (AvgIpc) is 2.39. The number of nitrogens with two attached hydrogens (primary N) is 1. The third kappa shape index (κ3) is 3.20. The van der Waals surface area contributed by atoms with Gasteiger partial charge in [0.15, 0.2) is 0 Å². The summed E-state index contributed by atoms with van der Waals surface area (Å²) in [6.07, 6.45) is 4.34. The third-order valence-corrected chi connectivity index (χ3v) is 3.22. The van der Waals surface area contributed by atoms with E-state index >= 15 is 0 Å². The third-order valence-electron chi connectivity index (χ3n) is 3.22. The summed E-state index contributed by atoms with van der Waals surface area (Å²) < 4.78 is 0. The first-order valence-corrected chi connectivity index (χ1v) is 6.40. The minimum Gasteiger partial charge on any atom is -0.370 e. The molecule has 1 atom stereocenters. The van der Waals surface area contributed by atoms with Crippen molar-refractivity contribution in [1.29, 1.82) is 0 Å². The lowest BCUT2D eigenvalue weighted by Crippen LogP contribution is -2.34. The molecule has 98 valence electrons. The average molecular weight is 248 g/mol. The molecule has 3 N–H and O–H groups in total. The molecule has 5 heteroatoms. The number of piperidine rings is 1. The van der Waals surface area contributed by atoms with Gasteiger partial charge in [0.25, 0.3) is 0 Å². The van der Waals surface area contributed by atoms with E-state index in [0.29, 0.717) is 5.82 Å². The predicted molar refractivity (Wildman–Crippen MR) is 72.5 cm³/mol. The highest BCUT2D eigenvalue weighted by Crippen LogP contribution is 2.22. The number of hydrogen-bond acceptors (Lipinski definition) is 4. The van der Waals surface area contributed by atoms with Crippen LogP contribution in [0.5, 0.6) is 0 Å². The van der Waals surface area contributed by atoms with Crippen molar-refractivity contribution in [3.63, 3.8) is 0 Å². The van der Waals surface area contributed by atoms with E-state index in [4.69, 9.17) is 5.73 Å². The van der Waals surface area contributed by atoms with Crippen molar-refractivity contribution < 1.29 is 4.79 Å². The van der Waals surface area contributed by atoms with E-state index in [1.807, 2.05) is 18.3 Å². The summed E-state index contributed by atoms with van der Waals surface area (Å²) in [5.41, 5.74) is 6.35. The fraction of sp³-hybridized carbons (Fsp3) is 0.538. The molecule has 1 aromatic heterocycles. The zero-order valence-electron chi connectivity index (χ0n) is 10.7. The standard InChI is InChI=1S/C13H20N4O/c1-10-3-2-6-17(9-10)11-4-5-12(15-8-11)16-13(18)7-14/h4-5,8,10H,2-3,6-7,9,14H2,1H3,(H,15,16,18). The number of hydrogen-bond donors (Lipinski definition) is 2. The summed E-state index contributed by atoms with van der Waals surface area (Å²) in [5, 5.41) is 2.64. The first-order valence-electron chi connectivity index (χ1n) is 6.40. The summed E-state index contributed by atoms with van der Waals surface area (Å²) in [4.78, 5) is 17.7. The van der Waals surface area contributed by atoms with Crippen LogP contribution in [0.25, 0.3) is 0 Å². The minimum atomic E-state index is -0.221. The molecule has 1 amide bonds. The number of nitrogens with zero attached hydrogens (tertiary/aromatic N) is 2. The fourth-order valence-corrected chi connectivity index (χ4v) is 2.26. The normalized spacial score (nSPS) is 19.7. The second-order valence-corrected chi connectivity index (χ2v) is 4.85. The Hall–Kier alpha value is -1.62. The number of carbonyl (C=O) groups excluding carboxylic acids is 1. The number of nitrogens with one attached hydrogen (secondary N) is 1. The molecule has 1 fully saturated rings. The Bertz CT molecular complexity index is 404. The molecule has 0 aromatic carbocycles. The maximum Gasteiger partial charge on any atom is 0.239 e. The van der Waals surface area contributed by atoms with Crippen molar-refractivity contribution >= 4 is 17.4 Å². The summed E-state index contributed by atoms with van der Waals surface area (Å²) >= 11 is 0. The molecule has 2 rings (SSSR count). The van der Waals surface area contributed by atoms with Crippen molar-refractivity contribution in [2.24, 2.45) is 11.7 Å². The highest BCUT2D eigenvalue weighted by atomic mass is 16.1.